The molecule has 70 valence electrons. The lowest BCUT2D eigenvalue weighted by Gasteiger charge is -2.43. The third kappa shape index (κ3) is 1.88. The molecule has 0 atom stereocenters. The Bertz CT molecular complexity index is 188. The second kappa shape index (κ2) is 2.58. The van der Waals surface area contributed by atoms with E-state index >= 15 is 0 Å². The van der Waals surface area contributed by atoms with Crippen molar-refractivity contribution in [2.24, 2.45) is 16.7 Å². The van der Waals surface area contributed by atoms with E-state index in [1.807, 2.05) is 20.8 Å². The number of carbonyl (C=O) groups is 1. The maximum absolute atomic E-state index is 11.7. The van der Waals surface area contributed by atoms with E-state index < -0.39 is 0 Å². The Hall–Kier alpha value is -0.330. The predicted molar refractivity (Wildman–Crippen MR) is 51.0 cm³/mol. The average molecular weight is 168 g/mol. The molecule has 0 heterocycles. The second-order valence-electron chi connectivity index (χ2n) is 5.88. The molecule has 0 aromatic heterocycles. The van der Waals surface area contributed by atoms with Gasteiger partial charge in [-0.1, -0.05) is 34.6 Å². The van der Waals surface area contributed by atoms with Crippen LogP contribution in [0.15, 0.2) is 0 Å². The van der Waals surface area contributed by atoms with Crippen molar-refractivity contribution in [3.05, 3.63) is 0 Å². The summed E-state index contributed by atoms with van der Waals surface area (Å²) in [6.07, 6.45) is 2.17. The summed E-state index contributed by atoms with van der Waals surface area (Å²) in [5, 5.41) is 0. The van der Waals surface area contributed by atoms with E-state index in [0.717, 1.165) is 12.8 Å². The lowest BCUT2D eigenvalue weighted by Crippen LogP contribution is -2.41. The van der Waals surface area contributed by atoms with Gasteiger partial charge in [-0.25, -0.2) is 0 Å². The van der Waals surface area contributed by atoms with Gasteiger partial charge in [0.2, 0.25) is 0 Å². The fraction of sp³-hybridized carbons (Fsp3) is 0.909. The van der Waals surface area contributed by atoms with Gasteiger partial charge >= 0.3 is 0 Å². The third-order valence-electron chi connectivity index (χ3n) is 2.71. The summed E-state index contributed by atoms with van der Waals surface area (Å²) in [5.41, 5.74) is 0.284. The monoisotopic (exact) mass is 168 g/mol. The zero-order valence-corrected chi connectivity index (χ0v) is 8.90. The van der Waals surface area contributed by atoms with Gasteiger partial charge in [-0.3, -0.25) is 4.79 Å². The van der Waals surface area contributed by atoms with Gasteiger partial charge in [-0.2, -0.15) is 0 Å². The summed E-state index contributed by atoms with van der Waals surface area (Å²) in [6, 6.07) is 0. The number of Topliss-reactive ketones (excluding diaryl/α,β-unsaturated/α-hetero) is 1. The molecule has 1 aliphatic rings. The summed E-state index contributed by atoms with van der Waals surface area (Å²) in [4.78, 5) is 11.7. The lowest BCUT2D eigenvalue weighted by atomic mass is 9.60. The van der Waals surface area contributed by atoms with Crippen LogP contribution in [0, 0.1) is 16.7 Å². The van der Waals surface area contributed by atoms with Gasteiger partial charge in [0, 0.05) is 11.3 Å². The topological polar surface area (TPSA) is 17.1 Å². The number of hydrogen-bond donors (Lipinski definition) is 0. The molecule has 1 fully saturated rings. The third-order valence-corrected chi connectivity index (χ3v) is 2.71. The van der Waals surface area contributed by atoms with Gasteiger partial charge in [-0.05, 0) is 18.3 Å². The zero-order valence-electron chi connectivity index (χ0n) is 8.90. The Kier molecular flexibility index (Phi) is 2.10. The quantitative estimate of drug-likeness (QED) is 0.588. The van der Waals surface area contributed by atoms with E-state index in [-0.39, 0.29) is 5.41 Å². The molecule has 0 aliphatic heterocycles. The first kappa shape index (κ1) is 9.76. The molecule has 0 radical (unpaired) electrons. The molecular formula is C11H20O. The molecule has 0 aromatic rings. The van der Waals surface area contributed by atoms with Crippen molar-refractivity contribution in [3.8, 4) is 0 Å². The van der Waals surface area contributed by atoms with Gasteiger partial charge < -0.3 is 0 Å². The van der Waals surface area contributed by atoms with E-state index in [2.05, 4.69) is 13.8 Å². The van der Waals surface area contributed by atoms with Crippen molar-refractivity contribution in [1.82, 2.24) is 0 Å². The number of carbonyl (C=O) groups excluding carboxylic acids is 1. The molecule has 0 unspecified atom stereocenters. The molecule has 0 saturated heterocycles. The molecular weight excluding hydrogens is 148 g/mol. The van der Waals surface area contributed by atoms with Crippen LogP contribution in [-0.4, -0.2) is 5.78 Å². The molecule has 0 spiro atoms. The van der Waals surface area contributed by atoms with Crippen LogP contribution in [0.5, 0.6) is 0 Å². The van der Waals surface area contributed by atoms with Crippen LogP contribution >= 0.6 is 0 Å². The minimum absolute atomic E-state index is 0.138. The number of hydrogen-bond acceptors (Lipinski definition) is 1. The maximum Gasteiger partial charge on any atom is 0.141 e. The first-order valence-electron chi connectivity index (χ1n) is 4.77. The molecule has 1 nitrogen and oxygen atoms in total. The van der Waals surface area contributed by atoms with E-state index in [0.29, 0.717) is 17.1 Å². The summed E-state index contributed by atoms with van der Waals surface area (Å²) in [5.74, 6) is 0.793. The lowest BCUT2D eigenvalue weighted by molar-refractivity contribution is -0.137. The van der Waals surface area contributed by atoms with Crippen molar-refractivity contribution in [1.29, 1.82) is 0 Å². The van der Waals surface area contributed by atoms with Crippen molar-refractivity contribution in [3.63, 3.8) is 0 Å². The second-order valence-corrected chi connectivity index (χ2v) is 5.88. The SMILES string of the molecule is CC1(C)CC(C(=O)C(C)(C)C)C1. The molecule has 1 aliphatic carbocycles. The highest BCUT2D eigenvalue weighted by atomic mass is 16.1. The highest BCUT2D eigenvalue weighted by Gasteiger charge is 2.43. The largest absolute Gasteiger partial charge is 0.299 e. The molecule has 0 aromatic carbocycles. The fourth-order valence-corrected chi connectivity index (χ4v) is 2.07. The number of ketones is 1. The fourth-order valence-electron chi connectivity index (χ4n) is 2.07. The molecule has 0 bridgehead atoms. The van der Waals surface area contributed by atoms with Crippen LogP contribution in [0.25, 0.3) is 0 Å². The van der Waals surface area contributed by atoms with Crippen molar-refractivity contribution < 1.29 is 4.79 Å². The molecule has 0 N–H and O–H groups in total. The maximum atomic E-state index is 11.7. The van der Waals surface area contributed by atoms with Crippen LogP contribution in [0.1, 0.15) is 47.5 Å². The average Bonchev–Trinajstić information content (AvgIpc) is 1.78. The molecule has 1 rings (SSSR count). The van der Waals surface area contributed by atoms with Crippen LogP contribution < -0.4 is 0 Å². The van der Waals surface area contributed by atoms with Crippen molar-refractivity contribution in [2.75, 3.05) is 0 Å². The number of rotatable bonds is 1. The first-order chi connectivity index (χ1) is 5.22. The summed E-state index contributed by atoms with van der Waals surface area (Å²) < 4.78 is 0. The Morgan fingerprint density at radius 1 is 1.25 bits per heavy atom. The Labute approximate surface area is 75.5 Å². The molecule has 0 amide bonds. The molecule has 12 heavy (non-hydrogen) atoms. The van der Waals surface area contributed by atoms with Gasteiger partial charge in [0.1, 0.15) is 5.78 Å². The first-order valence-corrected chi connectivity index (χ1v) is 4.77. The van der Waals surface area contributed by atoms with Gasteiger partial charge in [0.15, 0.2) is 0 Å². The summed E-state index contributed by atoms with van der Waals surface area (Å²) in [7, 11) is 0. The van der Waals surface area contributed by atoms with Crippen molar-refractivity contribution in [2.45, 2.75) is 47.5 Å². The Morgan fingerprint density at radius 2 is 1.67 bits per heavy atom. The van der Waals surface area contributed by atoms with Gasteiger partial charge in [-0.15, -0.1) is 0 Å². The van der Waals surface area contributed by atoms with Crippen LogP contribution in [-0.2, 0) is 4.79 Å². The van der Waals surface area contributed by atoms with Crippen molar-refractivity contribution >= 4 is 5.78 Å². The minimum Gasteiger partial charge on any atom is -0.299 e. The summed E-state index contributed by atoms with van der Waals surface area (Å²) >= 11 is 0. The molecule has 1 saturated carbocycles. The smallest absolute Gasteiger partial charge is 0.141 e. The Balaban J connectivity index is 2.50. The normalized spacial score (nSPS) is 23.4. The van der Waals surface area contributed by atoms with E-state index in [1.54, 1.807) is 0 Å². The van der Waals surface area contributed by atoms with Gasteiger partial charge in [0.05, 0.1) is 0 Å². The predicted octanol–water partition coefficient (Wildman–Crippen LogP) is 3.04. The zero-order chi connectivity index (χ0) is 9.57. The van der Waals surface area contributed by atoms with Crippen LogP contribution in [0.4, 0.5) is 0 Å². The standard InChI is InChI=1S/C11H20O/c1-10(2,3)9(12)8-6-11(4,5)7-8/h8H,6-7H2,1-5H3. The van der Waals surface area contributed by atoms with E-state index in [1.165, 1.54) is 0 Å². The van der Waals surface area contributed by atoms with E-state index in [4.69, 9.17) is 0 Å². The Morgan fingerprint density at radius 3 is 1.92 bits per heavy atom. The van der Waals surface area contributed by atoms with Crippen LogP contribution in [0.3, 0.4) is 0 Å². The van der Waals surface area contributed by atoms with Crippen LogP contribution in [0.2, 0.25) is 0 Å². The summed E-state index contributed by atoms with van der Waals surface area (Å²) in [6.45, 7) is 10.5. The molecule has 1 heteroatoms. The van der Waals surface area contributed by atoms with Gasteiger partial charge in [0.25, 0.3) is 0 Å². The minimum atomic E-state index is -0.138. The van der Waals surface area contributed by atoms with E-state index in [9.17, 15) is 4.79 Å². The highest BCUT2D eigenvalue weighted by molar-refractivity contribution is 5.86. The highest BCUT2D eigenvalue weighted by Crippen LogP contribution is 2.47.